The van der Waals surface area contributed by atoms with Crippen LogP contribution in [0.1, 0.15) is 35.7 Å². The molecule has 0 unspecified atom stereocenters. The van der Waals surface area contributed by atoms with Gasteiger partial charge >= 0.3 is 0 Å². The third-order valence-electron chi connectivity index (χ3n) is 2.74. The Morgan fingerprint density at radius 3 is 2.17 bits per heavy atom. The molecule has 18 heavy (non-hydrogen) atoms. The number of carbonyl (C=O) groups is 2. The van der Waals surface area contributed by atoms with Gasteiger partial charge in [0.05, 0.1) is 13.1 Å². The highest BCUT2D eigenvalue weighted by Crippen LogP contribution is 2.15. The molecule has 98 valence electrons. The molecule has 0 spiro atoms. The zero-order valence-electron chi connectivity index (χ0n) is 11.1. The maximum absolute atomic E-state index is 11.9. The van der Waals surface area contributed by atoms with Crippen LogP contribution in [0.3, 0.4) is 0 Å². The number of primary amides is 1. The summed E-state index contributed by atoms with van der Waals surface area (Å²) in [5.41, 5.74) is 6.94. The lowest BCUT2D eigenvalue weighted by Crippen LogP contribution is -2.34. The summed E-state index contributed by atoms with van der Waals surface area (Å²) >= 11 is 0. The van der Waals surface area contributed by atoms with Gasteiger partial charge in [0.25, 0.3) is 0 Å². The van der Waals surface area contributed by atoms with Crippen molar-refractivity contribution in [3.63, 3.8) is 0 Å². The third-order valence-corrected chi connectivity index (χ3v) is 2.74. The minimum atomic E-state index is -0.430. The lowest BCUT2D eigenvalue weighted by Gasteiger charge is -2.13. The van der Waals surface area contributed by atoms with Gasteiger partial charge in [0.15, 0.2) is 5.78 Å². The topological polar surface area (TPSA) is 63.4 Å². The average molecular weight is 248 g/mol. The fraction of sp³-hybridized carbons (Fsp3) is 0.429. The molecule has 0 saturated carbocycles. The van der Waals surface area contributed by atoms with Gasteiger partial charge in [-0.2, -0.15) is 0 Å². The van der Waals surface area contributed by atoms with E-state index in [1.165, 1.54) is 5.56 Å². The highest BCUT2D eigenvalue weighted by atomic mass is 16.1. The second-order valence-corrected chi connectivity index (χ2v) is 4.84. The molecular formula is C14H20N2O2. The van der Waals surface area contributed by atoms with E-state index in [4.69, 9.17) is 5.73 Å². The molecule has 0 radical (unpaired) electrons. The second-order valence-electron chi connectivity index (χ2n) is 4.84. The zero-order valence-corrected chi connectivity index (χ0v) is 11.1. The van der Waals surface area contributed by atoms with Crippen molar-refractivity contribution in [2.45, 2.75) is 19.8 Å². The molecule has 0 aliphatic heterocycles. The molecule has 1 aromatic carbocycles. The highest BCUT2D eigenvalue weighted by molar-refractivity contribution is 5.97. The molecule has 0 aliphatic carbocycles. The molecule has 0 fully saturated rings. The molecule has 1 amide bonds. The Kier molecular flexibility index (Phi) is 5.04. The van der Waals surface area contributed by atoms with E-state index in [1.807, 2.05) is 24.3 Å². The van der Waals surface area contributed by atoms with Gasteiger partial charge in [0.1, 0.15) is 0 Å². The van der Waals surface area contributed by atoms with Crippen LogP contribution in [-0.4, -0.2) is 36.7 Å². The van der Waals surface area contributed by atoms with E-state index in [2.05, 4.69) is 13.8 Å². The molecule has 1 aromatic rings. The minimum Gasteiger partial charge on any atom is -0.369 e. The van der Waals surface area contributed by atoms with Crippen molar-refractivity contribution in [1.82, 2.24) is 4.90 Å². The van der Waals surface area contributed by atoms with Crippen molar-refractivity contribution < 1.29 is 9.59 Å². The first-order valence-corrected chi connectivity index (χ1v) is 6.00. The van der Waals surface area contributed by atoms with Gasteiger partial charge in [0.2, 0.25) is 5.91 Å². The van der Waals surface area contributed by atoms with Crippen LogP contribution in [-0.2, 0) is 4.79 Å². The number of carbonyl (C=O) groups excluding carboxylic acids is 2. The molecule has 4 heteroatoms. The minimum absolute atomic E-state index is 0.00550. The summed E-state index contributed by atoms with van der Waals surface area (Å²) in [4.78, 5) is 24.3. The van der Waals surface area contributed by atoms with Crippen LogP contribution >= 0.6 is 0 Å². The van der Waals surface area contributed by atoms with Gasteiger partial charge < -0.3 is 5.73 Å². The Balaban J connectivity index is 2.64. The number of hydrogen-bond acceptors (Lipinski definition) is 3. The fourth-order valence-electron chi connectivity index (χ4n) is 1.71. The van der Waals surface area contributed by atoms with Crippen molar-refractivity contribution in [3.05, 3.63) is 35.4 Å². The van der Waals surface area contributed by atoms with Crippen LogP contribution in [0, 0.1) is 0 Å². The molecule has 0 heterocycles. The highest BCUT2D eigenvalue weighted by Gasteiger charge is 2.11. The first-order chi connectivity index (χ1) is 8.40. The van der Waals surface area contributed by atoms with Gasteiger partial charge in [0, 0.05) is 5.56 Å². The zero-order chi connectivity index (χ0) is 13.7. The third kappa shape index (κ3) is 4.30. The van der Waals surface area contributed by atoms with Crippen LogP contribution in [0.4, 0.5) is 0 Å². The standard InChI is InChI=1S/C14H20N2O2/c1-10(2)11-4-6-12(7-5-11)13(17)8-16(3)9-14(15)18/h4-7,10H,8-9H2,1-3H3,(H2,15,18). The second kappa shape index (κ2) is 6.31. The predicted molar refractivity (Wildman–Crippen MR) is 71.6 cm³/mol. The van der Waals surface area contributed by atoms with Crippen molar-refractivity contribution in [3.8, 4) is 0 Å². The van der Waals surface area contributed by atoms with Gasteiger partial charge in [-0.05, 0) is 18.5 Å². The van der Waals surface area contributed by atoms with Crippen molar-refractivity contribution >= 4 is 11.7 Å². The molecule has 0 aliphatic rings. The summed E-state index contributed by atoms with van der Waals surface area (Å²) in [6.45, 7) is 4.51. The summed E-state index contributed by atoms with van der Waals surface area (Å²) in [6.07, 6.45) is 0. The first kappa shape index (κ1) is 14.4. The van der Waals surface area contributed by atoms with Crippen LogP contribution in [0.15, 0.2) is 24.3 Å². The number of nitrogens with two attached hydrogens (primary N) is 1. The normalized spacial score (nSPS) is 10.9. The molecule has 4 nitrogen and oxygen atoms in total. The van der Waals surface area contributed by atoms with Crippen LogP contribution in [0.2, 0.25) is 0 Å². The Labute approximate surface area is 108 Å². The Morgan fingerprint density at radius 2 is 1.72 bits per heavy atom. The molecular weight excluding hydrogens is 228 g/mol. The lowest BCUT2D eigenvalue weighted by atomic mass is 10.0. The molecule has 0 saturated heterocycles. The largest absolute Gasteiger partial charge is 0.369 e. The van der Waals surface area contributed by atoms with Gasteiger partial charge in [-0.15, -0.1) is 0 Å². The number of amides is 1. The van der Waals surface area contributed by atoms with E-state index >= 15 is 0 Å². The number of nitrogens with zero attached hydrogens (tertiary/aromatic N) is 1. The summed E-state index contributed by atoms with van der Waals surface area (Å²) in [6, 6.07) is 7.59. The maximum atomic E-state index is 11.9. The summed E-state index contributed by atoms with van der Waals surface area (Å²) in [7, 11) is 1.70. The average Bonchev–Trinajstić information content (AvgIpc) is 2.27. The first-order valence-electron chi connectivity index (χ1n) is 6.00. The van der Waals surface area contributed by atoms with E-state index in [1.54, 1.807) is 11.9 Å². The number of benzene rings is 1. The number of rotatable bonds is 6. The number of Topliss-reactive ketones (excluding diaryl/α,β-unsaturated/α-hetero) is 1. The Morgan fingerprint density at radius 1 is 1.17 bits per heavy atom. The maximum Gasteiger partial charge on any atom is 0.231 e. The Bertz CT molecular complexity index is 424. The molecule has 2 N–H and O–H groups in total. The quantitative estimate of drug-likeness (QED) is 0.774. The predicted octanol–water partition coefficient (Wildman–Crippen LogP) is 1.41. The lowest BCUT2D eigenvalue weighted by molar-refractivity contribution is -0.118. The van der Waals surface area contributed by atoms with Crippen molar-refractivity contribution in [2.75, 3.05) is 20.1 Å². The molecule has 0 aromatic heterocycles. The van der Waals surface area contributed by atoms with E-state index < -0.39 is 5.91 Å². The van der Waals surface area contributed by atoms with E-state index in [9.17, 15) is 9.59 Å². The van der Waals surface area contributed by atoms with Crippen LogP contribution in [0.25, 0.3) is 0 Å². The van der Waals surface area contributed by atoms with Crippen LogP contribution < -0.4 is 5.73 Å². The van der Waals surface area contributed by atoms with Crippen LogP contribution in [0.5, 0.6) is 0 Å². The van der Waals surface area contributed by atoms with Gasteiger partial charge in [-0.25, -0.2) is 0 Å². The summed E-state index contributed by atoms with van der Waals surface area (Å²) in [5.74, 6) is 0.0150. The summed E-state index contributed by atoms with van der Waals surface area (Å²) in [5, 5.41) is 0. The van der Waals surface area contributed by atoms with E-state index in [0.29, 0.717) is 11.5 Å². The van der Waals surface area contributed by atoms with Crippen molar-refractivity contribution in [2.24, 2.45) is 5.73 Å². The number of hydrogen-bond donors (Lipinski definition) is 1. The molecule has 1 rings (SSSR count). The monoisotopic (exact) mass is 248 g/mol. The number of likely N-dealkylation sites (N-methyl/N-ethyl adjacent to an activating group) is 1. The van der Waals surface area contributed by atoms with Gasteiger partial charge in [-0.1, -0.05) is 38.1 Å². The van der Waals surface area contributed by atoms with E-state index in [-0.39, 0.29) is 18.9 Å². The SMILES string of the molecule is CC(C)c1ccc(C(=O)CN(C)CC(N)=O)cc1. The smallest absolute Gasteiger partial charge is 0.231 e. The van der Waals surface area contributed by atoms with Gasteiger partial charge in [-0.3, -0.25) is 14.5 Å². The van der Waals surface area contributed by atoms with E-state index in [0.717, 1.165) is 0 Å². The molecule has 0 atom stereocenters. The Hall–Kier alpha value is -1.68. The fourth-order valence-corrected chi connectivity index (χ4v) is 1.71. The number of ketones is 1. The summed E-state index contributed by atoms with van der Waals surface area (Å²) < 4.78 is 0. The molecule has 0 bridgehead atoms. The van der Waals surface area contributed by atoms with Crippen molar-refractivity contribution in [1.29, 1.82) is 0 Å².